The molecule has 1 aromatic rings. The van der Waals surface area contributed by atoms with E-state index in [1.165, 1.54) is 15.6 Å². The number of aliphatic hydroxyl groups is 1. The lowest BCUT2D eigenvalue weighted by Crippen LogP contribution is -2.39. The molecule has 112 valence electrons. The fourth-order valence-electron chi connectivity index (χ4n) is 1.58. The van der Waals surface area contributed by atoms with Crippen LogP contribution >= 0.6 is 11.3 Å². The van der Waals surface area contributed by atoms with Gasteiger partial charge in [0, 0.05) is 41.9 Å². The largest absolute Gasteiger partial charge is 0.395 e. The van der Waals surface area contributed by atoms with E-state index in [0.717, 1.165) is 10.4 Å². The van der Waals surface area contributed by atoms with Crippen LogP contribution in [0.25, 0.3) is 0 Å². The first-order chi connectivity index (χ1) is 9.53. The summed E-state index contributed by atoms with van der Waals surface area (Å²) < 4.78 is 27.9. The standard InChI is InChI=1S/C13H20N2O3S2/c1-3-15(4-2)20(17,18)14-10-13-9-12(11-19-13)7-5-6-8-16/h9,11,14,16H,3-4,6,8,10H2,1-2H3. The van der Waals surface area contributed by atoms with Gasteiger partial charge in [0.15, 0.2) is 0 Å². The van der Waals surface area contributed by atoms with Crippen molar-refractivity contribution in [1.29, 1.82) is 0 Å². The monoisotopic (exact) mass is 316 g/mol. The molecule has 0 aliphatic heterocycles. The summed E-state index contributed by atoms with van der Waals surface area (Å²) in [6.07, 6.45) is 0.444. The van der Waals surface area contributed by atoms with E-state index in [9.17, 15) is 8.42 Å². The van der Waals surface area contributed by atoms with Crippen molar-refractivity contribution in [3.05, 3.63) is 21.9 Å². The fourth-order valence-corrected chi connectivity index (χ4v) is 3.62. The molecule has 0 aliphatic carbocycles. The van der Waals surface area contributed by atoms with Gasteiger partial charge in [-0.05, 0) is 6.07 Å². The molecule has 5 nitrogen and oxygen atoms in total. The third-order valence-electron chi connectivity index (χ3n) is 2.60. The summed E-state index contributed by atoms with van der Waals surface area (Å²) in [6.45, 7) is 4.84. The first-order valence-corrected chi connectivity index (χ1v) is 8.77. The van der Waals surface area contributed by atoms with Crippen molar-refractivity contribution in [2.24, 2.45) is 0 Å². The van der Waals surface area contributed by atoms with Crippen LogP contribution in [0.3, 0.4) is 0 Å². The highest BCUT2D eigenvalue weighted by Crippen LogP contribution is 2.14. The van der Waals surface area contributed by atoms with Crippen molar-refractivity contribution in [2.45, 2.75) is 26.8 Å². The van der Waals surface area contributed by atoms with Gasteiger partial charge in [-0.2, -0.15) is 17.4 Å². The van der Waals surface area contributed by atoms with E-state index in [4.69, 9.17) is 5.11 Å². The molecule has 0 saturated carbocycles. The van der Waals surface area contributed by atoms with Crippen molar-refractivity contribution in [1.82, 2.24) is 9.03 Å². The van der Waals surface area contributed by atoms with Gasteiger partial charge in [0.25, 0.3) is 10.2 Å². The summed E-state index contributed by atoms with van der Waals surface area (Å²) in [5.74, 6) is 5.75. The maximum absolute atomic E-state index is 11.9. The quantitative estimate of drug-likeness (QED) is 0.742. The average molecular weight is 316 g/mol. The number of aliphatic hydroxyl groups excluding tert-OH is 1. The maximum atomic E-state index is 11.9. The van der Waals surface area contributed by atoms with Gasteiger partial charge in [0.1, 0.15) is 0 Å². The van der Waals surface area contributed by atoms with Crippen LogP contribution in [0.15, 0.2) is 11.4 Å². The van der Waals surface area contributed by atoms with Crippen LogP contribution in [0.2, 0.25) is 0 Å². The van der Waals surface area contributed by atoms with Crippen molar-refractivity contribution in [3.8, 4) is 11.8 Å². The molecule has 0 amide bonds. The normalized spacial score (nSPS) is 11.4. The molecule has 20 heavy (non-hydrogen) atoms. The number of nitrogens with zero attached hydrogens (tertiary/aromatic N) is 1. The number of nitrogens with one attached hydrogen (secondary N) is 1. The third kappa shape index (κ3) is 5.23. The highest BCUT2D eigenvalue weighted by molar-refractivity contribution is 7.87. The predicted octanol–water partition coefficient (Wildman–Crippen LogP) is 1.16. The lowest BCUT2D eigenvalue weighted by molar-refractivity contribution is 0.305. The molecular formula is C13H20N2O3S2. The molecule has 0 atom stereocenters. The summed E-state index contributed by atoms with van der Waals surface area (Å²) in [6, 6.07) is 1.86. The van der Waals surface area contributed by atoms with Crippen LogP contribution in [0.1, 0.15) is 30.7 Å². The lowest BCUT2D eigenvalue weighted by atomic mass is 10.3. The van der Waals surface area contributed by atoms with E-state index in [1.54, 1.807) is 0 Å². The van der Waals surface area contributed by atoms with E-state index >= 15 is 0 Å². The Bertz CT molecular complexity index is 566. The number of hydrogen-bond donors (Lipinski definition) is 2. The first kappa shape index (κ1) is 17.1. The second-order valence-corrected chi connectivity index (χ2v) is 6.74. The molecular weight excluding hydrogens is 296 g/mol. The van der Waals surface area contributed by atoms with Crippen LogP contribution in [0.4, 0.5) is 0 Å². The molecule has 1 aromatic heterocycles. The van der Waals surface area contributed by atoms with Gasteiger partial charge in [-0.15, -0.1) is 11.3 Å². The van der Waals surface area contributed by atoms with Crippen molar-refractivity contribution in [3.63, 3.8) is 0 Å². The summed E-state index contributed by atoms with van der Waals surface area (Å²) in [4.78, 5) is 0.911. The van der Waals surface area contributed by atoms with Gasteiger partial charge in [-0.25, -0.2) is 0 Å². The maximum Gasteiger partial charge on any atom is 0.279 e. The van der Waals surface area contributed by atoms with Crippen molar-refractivity contribution >= 4 is 21.5 Å². The Balaban J connectivity index is 2.61. The Morgan fingerprint density at radius 3 is 2.70 bits per heavy atom. The average Bonchev–Trinajstić information content (AvgIpc) is 2.86. The zero-order valence-corrected chi connectivity index (χ0v) is 13.4. The highest BCUT2D eigenvalue weighted by Gasteiger charge is 2.17. The van der Waals surface area contributed by atoms with E-state index in [0.29, 0.717) is 19.5 Å². The molecule has 0 fully saturated rings. The molecule has 2 N–H and O–H groups in total. The molecule has 0 bridgehead atoms. The van der Waals surface area contributed by atoms with Crippen LogP contribution in [0, 0.1) is 11.8 Å². The third-order valence-corrected chi connectivity index (χ3v) is 5.24. The Morgan fingerprint density at radius 1 is 1.40 bits per heavy atom. The molecule has 7 heteroatoms. The van der Waals surface area contributed by atoms with E-state index in [-0.39, 0.29) is 13.2 Å². The van der Waals surface area contributed by atoms with Crippen LogP contribution in [-0.2, 0) is 16.8 Å². The van der Waals surface area contributed by atoms with Gasteiger partial charge >= 0.3 is 0 Å². The van der Waals surface area contributed by atoms with Crippen molar-refractivity contribution in [2.75, 3.05) is 19.7 Å². The van der Waals surface area contributed by atoms with Gasteiger partial charge in [-0.3, -0.25) is 0 Å². The second kappa shape index (κ2) is 8.39. The zero-order valence-electron chi connectivity index (χ0n) is 11.7. The molecule has 0 saturated heterocycles. The van der Waals surface area contributed by atoms with Crippen LogP contribution in [0.5, 0.6) is 0 Å². The first-order valence-electron chi connectivity index (χ1n) is 6.45. The Hall–Kier alpha value is -0.910. The molecule has 1 rings (SSSR count). The Morgan fingerprint density at radius 2 is 2.10 bits per heavy atom. The van der Waals surface area contributed by atoms with Gasteiger partial charge in [0.2, 0.25) is 0 Å². The molecule has 0 aromatic carbocycles. The summed E-state index contributed by atoms with van der Waals surface area (Å²) in [5.41, 5.74) is 0.848. The molecule has 0 unspecified atom stereocenters. The number of thiophene rings is 1. The Kier molecular flexibility index (Phi) is 7.19. The van der Waals surface area contributed by atoms with Gasteiger partial charge in [0.05, 0.1) is 6.61 Å². The SMILES string of the molecule is CCN(CC)S(=O)(=O)NCc1cc(C#CCCO)cs1. The molecule has 0 radical (unpaired) electrons. The molecule has 1 heterocycles. The molecule has 0 aliphatic rings. The van der Waals surface area contributed by atoms with Gasteiger partial charge in [-0.1, -0.05) is 25.7 Å². The number of hydrogen-bond acceptors (Lipinski definition) is 4. The number of rotatable bonds is 7. The zero-order chi connectivity index (χ0) is 15.0. The Labute approximate surface area is 124 Å². The fraction of sp³-hybridized carbons (Fsp3) is 0.538. The van der Waals surface area contributed by atoms with Gasteiger partial charge < -0.3 is 5.11 Å². The predicted molar refractivity (Wildman–Crippen MR) is 81.6 cm³/mol. The minimum absolute atomic E-state index is 0.0493. The minimum Gasteiger partial charge on any atom is -0.395 e. The summed E-state index contributed by atoms with van der Waals surface area (Å²) in [7, 11) is -3.41. The van der Waals surface area contributed by atoms with Crippen molar-refractivity contribution < 1.29 is 13.5 Å². The summed E-state index contributed by atoms with van der Waals surface area (Å²) >= 11 is 1.46. The topological polar surface area (TPSA) is 69.6 Å². The van der Waals surface area contributed by atoms with Crippen LogP contribution in [-0.4, -0.2) is 37.5 Å². The summed E-state index contributed by atoms with van der Waals surface area (Å²) in [5, 5.41) is 10.5. The minimum atomic E-state index is -3.41. The van der Waals surface area contributed by atoms with E-state index < -0.39 is 10.2 Å². The van der Waals surface area contributed by atoms with E-state index in [1.807, 2.05) is 25.3 Å². The van der Waals surface area contributed by atoms with E-state index in [2.05, 4.69) is 16.6 Å². The lowest BCUT2D eigenvalue weighted by Gasteiger charge is -2.18. The molecule has 0 spiro atoms. The second-order valence-electron chi connectivity index (χ2n) is 3.99. The highest BCUT2D eigenvalue weighted by atomic mass is 32.2. The van der Waals surface area contributed by atoms with Crippen LogP contribution < -0.4 is 4.72 Å². The smallest absolute Gasteiger partial charge is 0.279 e.